The molecule has 3 amide bonds. The number of piperidine rings is 1. The molecule has 0 bridgehead atoms. The van der Waals surface area contributed by atoms with Crippen molar-refractivity contribution >= 4 is 29.2 Å². The standard InChI is InChI=1S/C25H35N5O4S/c1-16-13-21(24(32)33)28-18(3)22(16)23(31)27-9-5-17(2)29-10-6-20(7-11-29)30(25(34)26-4)14-19-8-12-35-15-19/h8,12-13,15,17,20H,5-7,9-11,14H2,1-4H3,(H,26,34)(H,27,31)(H,32,33). The number of pyridine rings is 1. The molecule has 1 aliphatic heterocycles. The van der Waals surface area contributed by atoms with Gasteiger partial charge in [0, 0.05) is 45.3 Å². The Hall–Kier alpha value is -2.98. The van der Waals surface area contributed by atoms with Crippen molar-refractivity contribution in [2.45, 2.75) is 58.7 Å². The maximum atomic E-state index is 12.7. The lowest BCUT2D eigenvalue weighted by Crippen LogP contribution is -2.51. The summed E-state index contributed by atoms with van der Waals surface area (Å²) in [6.07, 6.45) is 2.62. The number of aromatic nitrogens is 1. The number of urea groups is 1. The summed E-state index contributed by atoms with van der Waals surface area (Å²) in [5.74, 6) is -1.34. The molecule has 1 aliphatic rings. The van der Waals surface area contributed by atoms with Crippen LogP contribution in [-0.2, 0) is 6.54 Å². The topological polar surface area (TPSA) is 115 Å². The van der Waals surface area contributed by atoms with E-state index in [0.29, 0.717) is 29.9 Å². The number of carboxylic acid groups (broad SMARTS) is 1. The van der Waals surface area contributed by atoms with Crippen LogP contribution in [0.15, 0.2) is 22.9 Å². The van der Waals surface area contributed by atoms with Crippen LogP contribution in [0.25, 0.3) is 0 Å². The molecule has 3 rings (SSSR count). The van der Waals surface area contributed by atoms with Gasteiger partial charge in [-0.25, -0.2) is 14.6 Å². The molecule has 10 heteroatoms. The van der Waals surface area contributed by atoms with Gasteiger partial charge in [-0.2, -0.15) is 11.3 Å². The molecule has 2 aromatic heterocycles. The molecule has 1 saturated heterocycles. The van der Waals surface area contributed by atoms with E-state index in [2.05, 4.69) is 38.9 Å². The highest BCUT2D eigenvalue weighted by Gasteiger charge is 2.29. The zero-order valence-electron chi connectivity index (χ0n) is 20.8. The van der Waals surface area contributed by atoms with E-state index in [9.17, 15) is 14.4 Å². The monoisotopic (exact) mass is 501 g/mol. The third kappa shape index (κ3) is 6.79. The summed E-state index contributed by atoms with van der Waals surface area (Å²) >= 11 is 1.64. The van der Waals surface area contributed by atoms with Crippen LogP contribution in [0.4, 0.5) is 4.79 Å². The van der Waals surface area contributed by atoms with Crippen LogP contribution in [0, 0.1) is 13.8 Å². The van der Waals surface area contributed by atoms with Crippen LogP contribution in [-0.4, -0.2) is 76.6 Å². The molecule has 3 heterocycles. The highest BCUT2D eigenvalue weighted by Crippen LogP contribution is 2.22. The van der Waals surface area contributed by atoms with Crippen LogP contribution in [0.1, 0.15) is 63.9 Å². The molecular formula is C25H35N5O4S. The van der Waals surface area contributed by atoms with E-state index in [1.165, 1.54) is 6.07 Å². The van der Waals surface area contributed by atoms with Gasteiger partial charge in [0.15, 0.2) is 0 Å². The summed E-state index contributed by atoms with van der Waals surface area (Å²) in [6.45, 7) is 8.48. The van der Waals surface area contributed by atoms with Gasteiger partial charge < -0.3 is 25.5 Å². The second-order valence-corrected chi connectivity index (χ2v) is 9.85. The largest absolute Gasteiger partial charge is 0.477 e. The van der Waals surface area contributed by atoms with Gasteiger partial charge in [0.25, 0.3) is 5.91 Å². The van der Waals surface area contributed by atoms with E-state index in [-0.39, 0.29) is 29.7 Å². The van der Waals surface area contributed by atoms with Crippen molar-refractivity contribution in [3.8, 4) is 0 Å². The smallest absolute Gasteiger partial charge is 0.354 e. The molecule has 2 aromatic rings. The van der Waals surface area contributed by atoms with Gasteiger partial charge in [-0.1, -0.05) is 0 Å². The summed E-state index contributed by atoms with van der Waals surface area (Å²) in [5.41, 5.74) is 2.55. The minimum absolute atomic E-state index is 0.0399. The molecule has 1 unspecified atom stereocenters. The Morgan fingerprint density at radius 3 is 2.57 bits per heavy atom. The first-order chi connectivity index (χ1) is 16.7. The average Bonchev–Trinajstić information content (AvgIpc) is 3.35. The van der Waals surface area contributed by atoms with Gasteiger partial charge >= 0.3 is 12.0 Å². The first kappa shape index (κ1) is 26.6. The molecule has 3 N–H and O–H groups in total. The number of amides is 3. The van der Waals surface area contributed by atoms with Gasteiger partial charge in [0.05, 0.1) is 11.3 Å². The van der Waals surface area contributed by atoms with E-state index >= 15 is 0 Å². The molecule has 190 valence electrons. The Morgan fingerprint density at radius 1 is 1.29 bits per heavy atom. The summed E-state index contributed by atoms with van der Waals surface area (Å²) in [6, 6.07) is 3.94. The normalized spacial score (nSPS) is 15.4. The van der Waals surface area contributed by atoms with Gasteiger partial charge in [-0.05, 0) is 74.1 Å². The van der Waals surface area contributed by atoms with E-state index in [4.69, 9.17) is 5.11 Å². The Kier molecular flexibility index (Phi) is 9.22. The number of thiophene rings is 1. The first-order valence-corrected chi connectivity index (χ1v) is 12.9. The molecule has 0 aliphatic carbocycles. The zero-order chi connectivity index (χ0) is 25.5. The number of aromatic carboxylic acids is 1. The molecule has 1 atom stereocenters. The molecule has 35 heavy (non-hydrogen) atoms. The minimum atomic E-state index is -1.11. The van der Waals surface area contributed by atoms with Gasteiger partial charge in [0.1, 0.15) is 5.69 Å². The van der Waals surface area contributed by atoms with Crippen molar-refractivity contribution < 1.29 is 19.5 Å². The van der Waals surface area contributed by atoms with Crippen molar-refractivity contribution in [3.05, 3.63) is 51.0 Å². The lowest BCUT2D eigenvalue weighted by atomic mass is 10.0. The number of carbonyl (C=O) groups excluding carboxylic acids is 2. The van der Waals surface area contributed by atoms with Crippen molar-refractivity contribution in [1.82, 2.24) is 25.4 Å². The Bertz CT molecular complexity index is 1010. The Labute approximate surface area is 210 Å². The molecule has 0 saturated carbocycles. The van der Waals surface area contributed by atoms with Crippen LogP contribution >= 0.6 is 11.3 Å². The third-order valence-electron chi connectivity index (χ3n) is 6.66. The summed E-state index contributed by atoms with van der Waals surface area (Å²) in [4.78, 5) is 44.8. The first-order valence-electron chi connectivity index (χ1n) is 11.9. The number of hydrogen-bond donors (Lipinski definition) is 3. The van der Waals surface area contributed by atoms with Crippen LogP contribution < -0.4 is 10.6 Å². The van der Waals surface area contributed by atoms with Crippen LogP contribution in [0.2, 0.25) is 0 Å². The highest BCUT2D eigenvalue weighted by atomic mass is 32.1. The van der Waals surface area contributed by atoms with Gasteiger partial charge in [-0.15, -0.1) is 0 Å². The predicted molar refractivity (Wildman–Crippen MR) is 136 cm³/mol. The lowest BCUT2D eigenvalue weighted by Gasteiger charge is -2.40. The number of aryl methyl sites for hydroxylation is 2. The fourth-order valence-electron chi connectivity index (χ4n) is 4.68. The summed E-state index contributed by atoms with van der Waals surface area (Å²) in [7, 11) is 1.67. The molecule has 1 fully saturated rings. The number of hydrogen-bond acceptors (Lipinski definition) is 6. The van der Waals surface area contributed by atoms with Crippen molar-refractivity contribution in [1.29, 1.82) is 0 Å². The highest BCUT2D eigenvalue weighted by molar-refractivity contribution is 7.07. The number of carbonyl (C=O) groups is 3. The molecular weight excluding hydrogens is 466 g/mol. The van der Waals surface area contributed by atoms with Crippen molar-refractivity contribution in [3.63, 3.8) is 0 Å². The number of carboxylic acids is 1. The van der Waals surface area contributed by atoms with Crippen LogP contribution in [0.5, 0.6) is 0 Å². The van der Waals surface area contributed by atoms with E-state index < -0.39 is 5.97 Å². The third-order valence-corrected chi connectivity index (χ3v) is 7.39. The van der Waals surface area contributed by atoms with Gasteiger partial charge in [-0.3, -0.25) is 4.79 Å². The fraction of sp³-hybridized carbons (Fsp3) is 0.520. The number of rotatable bonds is 9. The van der Waals surface area contributed by atoms with E-state index in [0.717, 1.165) is 37.9 Å². The number of nitrogens with zero attached hydrogens (tertiary/aromatic N) is 3. The second-order valence-electron chi connectivity index (χ2n) is 9.07. The molecule has 0 spiro atoms. The maximum Gasteiger partial charge on any atom is 0.354 e. The Balaban J connectivity index is 1.49. The molecule has 0 radical (unpaired) electrons. The molecule has 0 aromatic carbocycles. The van der Waals surface area contributed by atoms with Crippen molar-refractivity contribution in [2.24, 2.45) is 0 Å². The average molecular weight is 502 g/mol. The summed E-state index contributed by atoms with van der Waals surface area (Å²) < 4.78 is 0. The molecule has 9 nitrogen and oxygen atoms in total. The predicted octanol–water partition coefficient (Wildman–Crippen LogP) is 3.27. The van der Waals surface area contributed by atoms with Gasteiger partial charge in [0.2, 0.25) is 0 Å². The number of nitrogens with one attached hydrogen (secondary N) is 2. The van der Waals surface area contributed by atoms with Crippen LogP contribution in [0.3, 0.4) is 0 Å². The fourth-order valence-corrected chi connectivity index (χ4v) is 5.34. The second kappa shape index (κ2) is 12.1. The van der Waals surface area contributed by atoms with E-state index in [1.807, 2.05) is 10.3 Å². The lowest BCUT2D eigenvalue weighted by molar-refractivity contribution is 0.0689. The zero-order valence-corrected chi connectivity index (χ0v) is 21.7. The van der Waals surface area contributed by atoms with Crippen molar-refractivity contribution in [2.75, 3.05) is 26.7 Å². The summed E-state index contributed by atoms with van der Waals surface area (Å²) in [5, 5.41) is 19.0. The maximum absolute atomic E-state index is 12.7. The SMILES string of the molecule is CNC(=O)N(Cc1ccsc1)C1CCN(C(C)CCNC(=O)c2c(C)cc(C(=O)O)nc2C)CC1. The Morgan fingerprint density at radius 2 is 2.00 bits per heavy atom. The van der Waals surface area contributed by atoms with E-state index in [1.54, 1.807) is 32.2 Å². The number of likely N-dealkylation sites (tertiary alicyclic amines) is 1. The minimum Gasteiger partial charge on any atom is -0.477 e. The quantitative estimate of drug-likeness (QED) is 0.486.